The van der Waals surface area contributed by atoms with Gasteiger partial charge in [-0.05, 0) is 23.8 Å². The van der Waals surface area contributed by atoms with Gasteiger partial charge >= 0.3 is 12.4 Å². The Kier molecular flexibility index (Phi) is 5.39. The Morgan fingerprint density at radius 3 is 2.03 bits per heavy atom. The Hall–Kier alpha value is -2.89. The normalized spacial score (nSPS) is 12.9. The van der Waals surface area contributed by atoms with Crippen molar-refractivity contribution < 1.29 is 34.8 Å². The number of alkyl halides is 6. The summed E-state index contributed by atoms with van der Waals surface area (Å²) in [5, 5.41) is 3.92. The fourth-order valence-electron chi connectivity index (χ4n) is 2.59. The first kappa shape index (κ1) is 21.8. The van der Waals surface area contributed by atoms with E-state index >= 15 is 0 Å². The molecule has 0 unspecified atom stereocenters. The van der Waals surface area contributed by atoms with Crippen molar-refractivity contribution in [2.24, 2.45) is 0 Å². The molecule has 3 rings (SSSR count). The molecule has 5 nitrogen and oxygen atoms in total. The lowest BCUT2D eigenvalue weighted by molar-refractivity contribution is -0.138. The average Bonchev–Trinajstić information content (AvgIpc) is 3.16. The van der Waals surface area contributed by atoms with Gasteiger partial charge in [-0.3, -0.25) is 0 Å². The van der Waals surface area contributed by atoms with Crippen LogP contribution in [0.5, 0.6) is 0 Å². The molecular weight excluding hydrogens is 436 g/mol. The highest BCUT2D eigenvalue weighted by molar-refractivity contribution is 7.91. The van der Waals surface area contributed by atoms with Crippen LogP contribution in [0.3, 0.4) is 0 Å². The smallest absolute Gasteiger partial charge is 0.235 e. The van der Waals surface area contributed by atoms with Gasteiger partial charge in [0.2, 0.25) is 0 Å². The summed E-state index contributed by atoms with van der Waals surface area (Å²) in [4.78, 5) is 2.98. The van der Waals surface area contributed by atoms with Crippen molar-refractivity contribution in [2.45, 2.75) is 24.2 Å². The van der Waals surface area contributed by atoms with Crippen LogP contribution in [0.1, 0.15) is 18.1 Å². The summed E-state index contributed by atoms with van der Waals surface area (Å²) in [6.45, 7) is 1.27. The van der Waals surface area contributed by atoms with E-state index in [4.69, 9.17) is 0 Å². The van der Waals surface area contributed by atoms with Gasteiger partial charge in [0.05, 0.1) is 23.1 Å². The molecule has 0 atom stereocenters. The van der Waals surface area contributed by atoms with Crippen LogP contribution < -0.4 is 0 Å². The van der Waals surface area contributed by atoms with E-state index in [0.29, 0.717) is 23.4 Å². The van der Waals surface area contributed by atoms with Crippen LogP contribution in [0.2, 0.25) is 0 Å². The lowest BCUT2D eigenvalue weighted by Gasteiger charge is -2.12. The van der Waals surface area contributed by atoms with Crippen molar-refractivity contribution in [1.29, 1.82) is 0 Å². The van der Waals surface area contributed by atoms with Crippen LogP contribution in [0.25, 0.3) is 16.9 Å². The van der Waals surface area contributed by atoms with Gasteiger partial charge in [0.1, 0.15) is 4.90 Å². The summed E-state index contributed by atoms with van der Waals surface area (Å²) in [6.07, 6.45) is -6.30. The first-order valence-corrected chi connectivity index (χ1v) is 10.0. The van der Waals surface area contributed by atoms with Crippen molar-refractivity contribution in [3.63, 3.8) is 0 Å². The van der Waals surface area contributed by atoms with E-state index < -0.39 is 44.0 Å². The fourth-order valence-corrected chi connectivity index (χ4v) is 3.63. The maximum absolute atomic E-state index is 13.0. The molecule has 0 aliphatic rings. The molecule has 3 aromatic rings. The number of pyridine rings is 1. The fraction of sp³-hybridized carbons (Fsp3) is 0.222. The molecule has 30 heavy (non-hydrogen) atoms. The van der Waals surface area contributed by atoms with E-state index in [-0.39, 0.29) is 5.82 Å². The van der Waals surface area contributed by atoms with Gasteiger partial charge in [0.25, 0.3) is 0 Å². The van der Waals surface area contributed by atoms with Crippen LogP contribution in [0.4, 0.5) is 26.3 Å². The first-order valence-electron chi connectivity index (χ1n) is 8.35. The van der Waals surface area contributed by atoms with Crippen LogP contribution in [0.15, 0.2) is 53.8 Å². The third-order valence-electron chi connectivity index (χ3n) is 4.22. The predicted molar refractivity (Wildman–Crippen MR) is 94.5 cm³/mol. The summed E-state index contributed by atoms with van der Waals surface area (Å²) in [6, 6.07) is 4.63. The summed E-state index contributed by atoms with van der Waals surface area (Å²) in [7, 11) is -4.09. The second kappa shape index (κ2) is 7.42. The lowest BCUT2D eigenvalue weighted by Crippen LogP contribution is -2.14. The highest BCUT2D eigenvalue weighted by Gasteiger charge is 2.34. The summed E-state index contributed by atoms with van der Waals surface area (Å²) >= 11 is 0. The number of sulfone groups is 1. The molecule has 12 heteroatoms. The maximum atomic E-state index is 13.0. The van der Waals surface area contributed by atoms with Crippen LogP contribution in [-0.2, 0) is 22.2 Å². The van der Waals surface area contributed by atoms with E-state index in [2.05, 4.69) is 10.1 Å². The molecule has 0 spiro atoms. The number of aromatic nitrogens is 3. The second-order valence-electron chi connectivity index (χ2n) is 6.20. The Morgan fingerprint density at radius 2 is 1.50 bits per heavy atom. The number of nitrogens with zero attached hydrogens (tertiary/aromatic N) is 3. The van der Waals surface area contributed by atoms with E-state index in [1.165, 1.54) is 31.5 Å². The van der Waals surface area contributed by atoms with E-state index in [1.807, 2.05) is 0 Å². The molecular formula is C18H13F6N3O2S. The van der Waals surface area contributed by atoms with E-state index in [9.17, 15) is 34.8 Å². The summed E-state index contributed by atoms with van der Waals surface area (Å²) < 4.78 is 103. The van der Waals surface area contributed by atoms with Gasteiger partial charge in [0, 0.05) is 18.0 Å². The zero-order valence-corrected chi connectivity index (χ0v) is 16.0. The van der Waals surface area contributed by atoms with Crippen molar-refractivity contribution in [3.05, 3.63) is 60.0 Å². The van der Waals surface area contributed by atoms with Gasteiger partial charge in [-0.15, -0.1) is 0 Å². The van der Waals surface area contributed by atoms with Crippen molar-refractivity contribution >= 4 is 9.84 Å². The largest absolute Gasteiger partial charge is 0.417 e. The van der Waals surface area contributed by atoms with Crippen molar-refractivity contribution in [2.75, 3.05) is 5.75 Å². The maximum Gasteiger partial charge on any atom is 0.417 e. The molecule has 1 aromatic carbocycles. The van der Waals surface area contributed by atoms with Crippen molar-refractivity contribution in [3.8, 4) is 16.9 Å². The number of rotatable bonds is 4. The second-order valence-corrected chi connectivity index (χ2v) is 8.44. The Balaban J connectivity index is 2.06. The standard InChI is InChI=1S/C18H13F6N3O2S/c1-2-30(28,29)15-7-14(18(22,23)24)9-25-16(15)27-10-12(8-26-27)11-3-5-13(6-4-11)17(19,20)21/h3-10H,2H2,1H3. The molecule has 0 N–H and O–H groups in total. The predicted octanol–water partition coefficient (Wildman–Crippen LogP) is 4.77. The quantitative estimate of drug-likeness (QED) is 0.539. The molecule has 160 valence electrons. The zero-order valence-electron chi connectivity index (χ0n) is 15.2. The van der Waals surface area contributed by atoms with Crippen LogP contribution in [-0.4, -0.2) is 28.9 Å². The van der Waals surface area contributed by atoms with E-state index in [1.54, 1.807) is 0 Å². The minimum Gasteiger partial charge on any atom is -0.235 e. The average molecular weight is 449 g/mol. The van der Waals surface area contributed by atoms with Crippen LogP contribution >= 0.6 is 0 Å². The minimum absolute atomic E-state index is 0.324. The van der Waals surface area contributed by atoms with Gasteiger partial charge in [-0.2, -0.15) is 31.4 Å². The van der Waals surface area contributed by atoms with Gasteiger partial charge < -0.3 is 0 Å². The minimum atomic E-state index is -4.79. The lowest BCUT2D eigenvalue weighted by atomic mass is 10.1. The highest BCUT2D eigenvalue weighted by atomic mass is 32.2. The SMILES string of the molecule is CCS(=O)(=O)c1cc(C(F)(F)F)cnc1-n1cc(-c2ccc(C(F)(F)F)cc2)cn1. The Morgan fingerprint density at radius 1 is 0.900 bits per heavy atom. The third kappa shape index (κ3) is 4.32. The first-order chi connectivity index (χ1) is 13.8. The molecule has 2 aromatic heterocycles. The molecule has 0 aliphatic carbocycles. The van der Waals surface area contributed by atoms with Crippen LogP contribution in [0, 0.1) is 0 Å². The number of hydrogen-bond donors (Lipinski definition) is 0. The molecule has 0 radical (unpaired) electrons. The van der Waals surface area contributed by atoms with E-state index in [0.717, 1.165) is 16.8 Å². The van der Waals surface area contributed by atoms with Gasteiger partial charge in [-0.1, -0.05) is 19.1 Å². The number of benzene rings is 1. The van der Waals surface area contributed by atoms with Gasteiger partial charge in [0.15, 0.2) is 15.7 Å². The molecule has 0 fully saturated rings. The topological polar surface area (TPSA) is 64.8 Å². The summed E-state index contributed by atoms with van der Waals surface area (Å²) in [5.74, 6) is -0.807. The monoisotopic (exact) mass is 449 g/mol. The molecule has 0 bridgehead atoms. The zero-order chi connectivity index (χ0) is 22.3. The Bertz CT molecular complexity index is 1170. The third-order valence-corrected chi connectivity index (χ3v) is 5.95. The molecule has 0 saturated carbocycles. The van der Waals surface area contributed by atoms with Crippen molar-refractivity contribution in [1.82, 2.24) is 14.8 Å². The summed E-state index contributed by atoms with van der Waals surface area (Å²) in [5.41, 5.74) is -1.40. The highest BCUT2D eigenvalue weighted by Crippen LogP contribution is 2.33. The molecule has 0 amide bonds. The molecule has 2 heterocycles. The van der Waals surface area contributed by atoms with Gasteiger partial charge in [-0.25, -0.2) is 18.1 Å². The number of hydrogen-bond acceptors (Lipinski definition) is 4. The molecule has 0 saturated heterocycles. The number of halogens is 6. The molecule has 0 aliphatic heterocycles. The Labute approximate surface area is 166 Å².